The molecule has 162 valence electrons. The molecular weight excluding hydrogens is 372 g/mol. The summed E-state index contributed by atoms with van der Waals surface area (Å²) in [6.45, 7) is 12.7. The Hall–Kier alpha value is -2.49. The van der Waals surface area contributed by atoms with Crippen LogP contribution in [0.4, 0.5) is 5.69 Å². The molecule has 1 heterocycles. The molecule has 30 heavy (non-hydrogen) atoms. The molecule has 1 saturated heterocycles. The Balaban J connectivity index is 1.60. The SMILES string of the molecule is CC[C@H](Oc1ccc(C)cc1C)C(=O)N[C@@H](C)c1ccc(N2CCC[C@H](C)C2)cc1. The highest BCUT2D eigenvalue weighted by molar-refractivity contribution is 5.81. The van der Waals surface area contributed by atoms with Gasteiger partial charge in [0.25, 0.3) is 5.91 Å². The van der Waals surface area contributed by atoms with E-state index in [1.807, 2.05) is 32.9 Å². The van der Waals surface area contributed by atoms with Crippen molar-refractivity contribution in [2.45, 2.75) is 66.0 Å². The zero-order valence-electron chi connectivity index (χ0n) is 19.1. The fourth-order valence-electron chi connectivity index (χ4n) is 4.19. The lowest BCUT2D eigenvalue weighted by Crippen LogP contribution is -2.39. The molecule has 2 aromatic rings. The van der Waals surface area contributed by atoms with Gasteiger partial charge < -0.3 is 15.0 Å². The van der Waals surface area contributed by atoms with Crippen LogP contribution in [0, 0.1) is 19.8 Å². The zero-order valence-corrected chi connectivity index (χ0v) is 19.1. The summed E-state index contributed by atoms with van der Waals surface area (Å²) in [5.74, 6) is 1.45. The van der Waals surface area contributed by atoms with Gasteiger partial charge >= 0.3 is 0 Å². The maximum atomic E-state index is 12.8. The molecule has 4 heteroatoms. The number of benzene rings is 2. The van der Waals surface area contributed by atoms with Crippen molar-refractivity contribution < 1.29 is 9.53 Å². The Morgan fingerprint density at radius 1 is 1.20 bits per heavy atom. The molecule has 0 bridgehead atoms. The molecule has 2 aromatic carbocycles. The van der Waals surface area contributed by atoms with E-state index in [4.69, 9.17) is 4.74 Å². The van der Waals surface area contributed by atoms with Gasteiger partial charge in [-0.15, -0.1) is 0 Å². The number of rotatable bonds is 7. The molecule has 0 unspecified atom stereocenters. The van der Waals surface area contributed by atoms with Gasteiger partial charge in [-0.3, -0.25) is 4.79 Å². The number of nitrogens with one attached hydrogen (secondary N) is 1. The molecule has 3 atom stereocenters. The average Bonchev–Trinajstić information content (AvgIpc) is 2.73. The lowest BCUT2D eigenvalue weighted by atomic mass is 9.99. The summed E-state index contributed by atoms with van der Waals surface area (Å²) in [4.78, 5) is 15.3. The Morgan fingerprint density at radius 2 is 1.93 bits per heavy atom. The topological polar surface area (TPSA) is 41.6 Å². The molecule has 1 aliphatic heterocycles. The van der Waals surface area contributed by atoms with Crippen LogP contribution in [0.3, 0.4) is 0 Å². The first kappa shape index (κ1) is 22.2. The van der Waals surface area contributed by atoms with Crippen LogP contribution in [-0.2, 0) is 4.79 Å². The van der Waals surface area contributed by atoms with Gasteiger partial charge in [-0.2, -0.15) is 0 Å². The molecule has 0 spiro atoms. The summed E-state index contributed by atoms with van der Waals surface area (Å²) >= 11 is 0. The number of aryl methyl sites for hydroxylation is 2. The third-order valence-corrected chi connectivity index (χ3v) is 6.04. The van der Waals surface area contributed by atoms with Gasteiger partial charge in [-0.05, 0) is 75.3 Å². The van der Waals surface area contributed by atoms with Crippen LogP contribution in [-0.4, -0.2) is 25.1 Å². The minimum Gasteiger partial charge on any atom is -0.480 e. The number of carbonyl (C=O) groups excluding carboxylic acids is 1. The van der Waals surface area contributed by atoms with Crippen LogP contribution >= 0.6 is 0 Å². The van der Waals surface area contributed by atoms with Crippen molar-refractivity contribution in [1.82, 2.24) is 5.32 Å². The number of hydrogen-bond donors (Lipinski definition) is 1. The predicted octanol–water partition coefficient (Wildman–Crippen LogP) is 5.57. The summed E-state index contributed by atoms with van der Waals surface area (Å²) in [6.07, 6.45) is 2.70. The number of nitrogens with zero attached hydrogens (tertiary/aromatic N) is 1. The van der Waals surface area contributed by atoms with Gasteiger partial charge in [0, 0.05) is 18.8 Å². The highest BCUT2D eigenvalue weighted by Crippen LogP contribution is 2.25. The molecule has 0 aromatic heterocycles. The first-order valence-electron chi connectivity index (χ1n) is 11.3. The second kappa shape index (κ2) is 10.0. The summed E-state index contributed by atoms with van der Waals surface area (Å²) in [5, 5.41) is 3.13. The second-order valence-electron chi connectivity index (χ2n) is 8.80. The van der Waals surface area contributed by atoms with E-state index in [1.165, 1.54) is 24.1 Å². The first-order valence-corrected chi connectivity index (χ1v) is 11.3. The van der Waals surface area contributed by atoms with E-state index in [2.05, 4.69) is 54.4 Å². The standard InChI is InChI=1S/C26H36N2O2/c1-6-24(30-25-14-9-18(2)16-20(25)4)26(29)27-21(5)22-10-12-23(13-11-22)28-15-7-8-19(3)17-28/h9-14,16,19,21,24H,6-8,15,17H2,1-5H3,(H,27,29)/t19-,21-,24-/m0/s1. The number of piperidine rings is 1. The minimum absolute atomic E-state index is 0.0661. The molecule has 0 aliphatic carbocycles. The van der Waals surface area contributed by atoms with Crippen molar-refractivity contribution in [3.05, 3.63) is 59.2 Å². The van der Waals surface area contributed by atoms with Crippen molar-refractivity contribution in [2.75, 3.05) is 18.0 Å². The Kier molecular flexibility index (Phi) is 7.41. The molecule has 1 aliphatic rings. The van der Waals surface area contributed by atoms with E-state index in [0.717, 1.165) is 35.9 Å². The van der Waals surface area contributed by atoms with Gasteiger partial charge in [-0.1, -0.05) is 43.7 Å². The highest BCUT2D eigenvalue weighted by Gasteiger charge is 2.22. The van der Waals surface area contributed by atoms with Crippen molar-refractivity contribution >= 4 is 11.6 Å². The van der Waals surface area contributed by atoms with Gasteiger partial charge in [0.05, 0.1) is 6.04 Å². The van der Waals surface area contributed by atoms with E-state index >= 15 is 0 Å². The van der Waals surface area contributed by atoms with Crippen molar-refractivity contribution in [1.29, 1.82) is 0 Å². The van der Waals surface area contributed by atoms with Crippen LogP contribution in [0.25, 0.3) is 0 Å². The number of anilines is 1. The van der Waals surface area contributed by atoms with E-state index in [9.17, 15) is 4.79 Å². The normalized spacial score (nSPS) is 18.6. The fraction of sp³-hybridized carbons (Fsp3) is 0.500. The highest BCUT2D eigenvalue weighted by atomic mass is 16.5. The Labute approximate surface area is 181 Å². The van der Waals surface area contributed by atoms with Crippen molar-refractivity contribution in [3.63, 3.8) is 0 Å². The van der Waals surface area contributed by atoms with Gasteiger partial charge in [0.15, 0.2) is 6.10 Å². The maximum absolute atomic E-state index is 12.8. The number of ether oxygens (including phenoxy) is 1. The second-order valence-corrected chi connectivity index (χ2v) is 8.80. The van der Waals surface area contributed by atoms with E-state index in [-0.39, 0.29) is 11.9 Å². The molecule has 0 radical (unpaired) electrons. The number of hydrogen-bond acceptors (Lipinski definition) is 3. The van der Waals surface area contributed by atoms with E-state index in [0.29, 0.717) is 6.42 Å². The minimum atomic E-state index is -0.497. The van der Waals surface area contributed by atoms with E-state index in [1.54, 1.807) is 0 Å². The smallest absolute Gasteiger partial charge is 0.261 e. The summed E-state index contributed by atoms with van der Waals surface area (Å²) in [5.41, 5.74) is 4.62. The monoisotopic (exact) mass is 408 g/mol. The van der Waals surface area contributed by atoms with Crippen LogP contribution in [0.5, 0.6) is 5.75 Å². The zero-order chi connectivity index (χ0) is 21.7. The third kappa shape index (κ3) is 5.56. The molecule has 1 N–H and O–H groups in total. The van der Waals surface area contributed by atoms with Gasteiger partial charge in [0.1, 0.15) is 5.75 Å². The van der Waals surface area contributed by atoms with Crippen molar-refractivity contribution in [2.24, 2.45) is 5.92 Å². The van der Waals surface area contributed by atoms with E-state index < -0.39 is 6.10 Å². The summed E-state index contributed by atoms with van der Waals surface area (Å²) in [7, 11) is 0. The molecule has 1 fully saturated rings. The van der Waals surface area contributed by atoms with Gasteiger partial charge in [-0.25, -0.2) is 0 Å². The average molecular weight is 409 g/mol. The predicted molar refractivity (Wildman–Crippen MR) is 124 cm³/mol. The number of carbonyl (C=O) groups is 1. The molecule has 3 rings (SSSR count). The van der Waals surface area contributed by atoms with Crippen LogP contribution in [0.2, 0.25) is 0 Å². The number of amides is 1. The van der Waals surface area contributed by atoms with Crippen molar-refractivity contribution in [3.8, 4) is 5.75 Å². The molecule has 4 nitrogen and oxygen atoms in total. The first-order chi connectivity index (χ1) is 14.4. The lowest BCUT2D eigenvalue weighted by Gasteiger charge is -2.33. The van der Waals surface area contributed by atoms with Crippen LogP contribution < -0.4 is 15.0 Å². The summed E-state index contributed by atoms with van der Waals surface area (Å²) < 4.78 is 6.04. The Morgan fingerprint density at radius 3 is 2.57 bits per heavy atom. The molecule has 0 saturated carbocycles. The largest absolute Gasteiger partial charge is 0.480 e. The maximum Gasteiger partial charge on any atom is 0.261 e. The quantitative estimate of drug-likeness (QED) is 0.651. The molecule has 1 amide bonds. The molecular formula is C26H36N2O2. The van der Waals surface area contributed by atoms with Crippen LogP contribution in [0.15, 0.2) is 42.5 Å². The Bertz CT molecular complexity index is 847. The third-order valence-electron chi connectivity index (χ3n) is 6.04. The summed E-state index contributed by atoms with van der Waals surface area (Å²) in [6, 6.07) is 14.6. The lowest BCUT2D eigenvalue weighted by molar-refractivity contribution is -0.128. The van der Waals surface area contributed by atoms with Gasteiger partial charge in [0.2, 0.25) is 0 Å². The fourth-order valence-corrected chi connectivity index (χ4v) is 4.19. The van der Waals surface area contributed by atoms with Crippen LogP contribution in [0.1, 0.15) is 62.8 Å².